The van der Waals surface area contributed by atoms with Gasteiger partial charge in [0.05, 0.1) is 41.0 Å². The third-order valence-electron chi connectivity index (χ3n) is 13.3. The van der Waals surface area contributed by atoms with E-state index < -0.39 is 21.8 Å². The molecule has 0 radical (unpaired) electrons. The Morgan fingerprint density at radius 2 is 1.47 bits per heavy atom. The summed E-state index contributed by atoms with van der Waals surface area (Å²) >= 11 is 0. The molecule has 6 aromatic rings. The second-order valence-corrected chi connectivity index (χ2v) is 20.0. The number of fused-ring (bicyclic) bond motifs is 2. The minimum Gasteiger partial charge on any atom is -0.494 e. The first-order chi connectivity index (χ1) is 37.2. The van der Waals surface area contributed by atoms with Gasteiger partial charge in [0.2, 0.25) is 33.7 Å². The molecule has 426 valence electrons. The second kappa shape index (κ2) is 29.3. The fourth-order valence-electron chi connectivity index (χ4n) is 8.83. The lowest BCUT2D eigenvalue weighted by molar-refractivity contribution is -0.137. The summed E-state index contributed by atoms with van der Waals surface area (Å²) in [6, 6.07) is 9.28. The molecule has 8 rings (SSSR count). The van der Waals surface area contributed by atoms with Crippen molar-refractivity contribution < 1.29 is 41.9 Å². The van der Waals surface area contributed by atoms with E-state index in [1.165, 1.54) is 19.2 Å². The molecular weight excluding hydrogens is 1020 g/mol. The first kappa shape index (κ1) is 63.1. The smallest absolute Gasteiger partial charge is 0.276 e. The molecule has 3 amide bonds. The number of amides is 3. The Kier molecular flexibility index (Phi) is 23.7. The van der Waals surface area contributed by atoms with Crippen molar-refractivity contribution in [3.8, 4) is 11.5 Å². The van der Waals surface area contributed by atoms with Gasteiger partial charge in [-0.2, -0.15) is 10.2 Å². The topological polar surface area (TPSA) is 301 Å². The highest BCUT2D eigenvalue weighted by Crippen LogP contribution is 2.38. The van der Waals surface area contributed by atoms with Crippen LogP contribution < -0.4 is 36.3 Å². The van der Waals surface area contributed by atoms with Crippen molar-refractivity contribution in [3.63, 3.8) is 0 Å². The highest BCUT2D eigenvalue weighted by Gasteiger charge is 2.33. The van der Waals surface area contributed by atoms with Crippen LogP contribution in [0.15, 0.2) is 53.4 Å². The van der Waals surface area contributed by atoms with E-state index in [9.17, 15) is 32.4 Å². The predicted molar refractivity (Wildman–Crippen MR) is 302 cm³/mol. The molecule has 4 aromatic heterocycles. The van der Waals surface area contributed by atoms with Crippen molar-refractivity contribution in [3.05, 3.63) is 76.9 Å². The van der Waals surface area contributed by atoms with Gasteiger partial charge in [-0.25, -0.2) is 23.5 Å². The van der Waals surface area contributed by atoms with Crippen LogP contribution in [-0.2, 0) is 46.3 Å². The Bertz CT molecular complexity index is 3150. The van der Waals surface area contributed by atoms with Gasteiger partial charge in [0, 0.05) is 77.3 Å². The number of nitrogens with one attached hydrogen (secondary N) is 3. The standard InChI is InChI=1S/C37H48N12O7S.C7H12O.C6H8N2O.2C2H6/c1-6-49-28(15-22(2)45-49)35(52)44-37-43-27-18-25(57(39,53)54)19-29(55-5)32(27)48(37)13-8-7-12-47-33-26(42-36(47)41-4)16-24(34(38)51)17-30(33)56-14-10-23-20-46(21-23)31(50)9-11-40-3;1-5-3-7(4-8)6(5)2;1-5-3-6(4-9)8(2)7-5;2*1-2/h7-8,15-19,23,40H,6,9-14,20-21H2,1-5H3,(H2,38,51)(H,41,42)(H2,39,53,54)(H,43,44,52);4-7H,3H2,1-2H3;3-4H,1-2H3;2*1-2H3/b8-7+;;;;. The summed E-state index contributed by atoms with van der Waals surface area (Å²) in [5, 5.41) is 22.8. The number of primary amides is 1. The minimum atomic E-state index is -4.11. The summed E-state index contributed by atoms with van der Waals surface area (Å²) in [5.41, 5.74) is 10.2. The number of anilines is 2. The van der Waals surface area contributed by atoms with Gasteiger partial charge in [-0.05, 0) is 88.7 Å². The number of imidazole rings is 2. The number of benzene rings is 2. The molecular formula is C54H80N14O9S. The zero-order chi connectivity index (χ0) is 58.0. The molecule has 1 saturated carbocycles. The van der Waals surface area contributed by atoms with Crippen molar-refractivity contribution in [2.45, 2.75) is 106 Å². The molecule has 24 heteroatoms. The number of hydrogen-bond donors (Lipinski definition) is 5. The normalized spacial score (nSPS) is 15.7. The van der Waals surface area contributed by atoms with Gasteiger partial charge >= 0.3 is 0 Å². The van der Waals surface area contributed by atoms with E-state index in [2.05, 4.69) is 45.0 Å². The molecule has 78 heavy (non-hydrogen) atoms. The van der Waals surface area contributed by atoms with E-state index in [1.807, 2.05) is 70.2 Å². The number of sulfonamides is 1. The van der Waals surface area contributed by atoms with E-state index >= 15 is 0 Å². The average molecular weight is 1100 g/mol. The summed E-state index contributed by atoms with van der Waals surface area (Å²) in [4.78, 5) is 69.4. The lowest BCUT2D eigenvalue weighted by Gasteiger charge is -2.39. The summed E-state index contributed by atoms with van der Waals surface area (Å²) in [6.45, 7) is 21.2. The first-order valence-corrected chi connectivity index (χ1v) is 27.9. The van der Waals surface area contributed by atoms with E-state index in [0.29, 0.717) is 115 Å². The molecule has 2 fully saturated rings. The van der Waals surface area contributed by atoms with Crippen molar-refractivity contribution in [2.75, 3.05) is 58.1 Å². The number of likely N-dealkylation sites (tertiary alicyclic amines) is 1. The predicted octanol–water partition coefficient (Wildman–Crippen LogP) is 6.12. The number of methoxy groups -OCH3 is 1. The highest BCUT2D eigenvalue weighted by molar-refractivity contribution is 7.89. The molecule has 3 unspecified atom stereocenters. The molecule has 2 aliphatic rings. The van der Waals surface area contributed by atoms with E-state index in [1.54, 1.807) is 59.2 Å². The zero-order valence-electron chi connectivity index (χ0n) is 47.4. The summed E-state index contributed by atoms with van der Waals surface area (Å²) < 4.78 is 43.3. The number of rotatable bonds is 20. The van der Waals surface area contributed by atoms with Crippen LogP contribution in [0.3, 0.4) is 0 Å². The number of aryl methyl sites for hydroxylation is 4. The maximum atomic E-state index is 13.5. The van der Waals surface area contributed by atoms with Gasteiger partial charge < -0.3 is 44.7 Å². The largest absolute Gasteiger partial charge is 0.494 e. The minimum absolute atomic E-state index is 0.127. The van der Waals surface area contributed by atoms with Crippen LogP contribution in [-0.4, -0.2) is 130 Å². The fraction of sp³-hybridized carbons (Fsp3) is 0.500. The summed E-state index contributed by atoms with van der Waals surface area (Å²) in [7, 11) is 2.59. The van der Waals surface area contributed by atoms with Crippen LogP contribution in [0, 0.1) is 37.5 Å². The maximum Gasteiger partial charge on any atom is 0.276 e. The molecule has 0 bridgehead atoms. The Morgan fingerprint density at radius 1 is 0.859 bits per heavy atom. The number of nitrogens with zero attached hydrogens (tertiary/aromatic N) is 9. The van der Waals surface area contributed by atoms with Crippen molar-refractivity contribution in [1.82, 2.24) is 48.9 Å². The van der Waals surface area contributed by atoms with Crippen molar-refractivity contribution in [2.24, 2.45) is 41.6 Å². The molecule has 1 saturated heterocycles. The van der Waals surface area contributed by atoms with Gasteiger partial charge in [-0.15, -0.1) is 0 Å². The molecule has 5 heterocycles. The lowest BCUT2D eigenvalue weighted by Crippen LogP contribution is -2.50. The van der Waals surface area contributed by atoms with Crippen molar-refractivity contribution in [1.29, 1.82) is 0 Å². The number of ether oxygens (including phenoxy) is 2. The number of allylic oxidation sites excluding steroid dienone is 2. The lowest BCUT2D eigenvalue weighted by atomic mass is 9.67. The van der Waals surface area contributed by atoms with Crippen LogP contribution in [0.4, 0.5) is 11.9 Å². The van der Waals surface area contributed by atoms with Crippen molar-refractivity contribution >= 4 is 74.3 Å². The number of hydrogen-bond acceptors (Lipinski definition) is 15. The maximum absolute atomic E-state index is 13.5. The number of aldehydes is 2. The third kappa shape index (κ3) is 15.6. The second-order valence-electron chi connectivity index (χ2n) is 18.5. The fourth-order valence-corrected chi connectivity index (χ4v) is 9.38. The summed E-state index contributed by atoms with van der Waals surface area (Å²) in [6.07, 6.45) is 7.91. The van der Waals surface area contributed by atoms with E-state index in [0.717, 1.165) is 30.6 Å². The monoisotopic (exact) mass is 1100 g/mol. The number of primary sulfonamides is 1. The van der Waals surface area contributed by atoms with Gasteiger partial charge in [0.25, 0.3) is 5.91 Å². The van der Waals surface area contributed by atoms with Gasteiger partial charge in [0.1, 0.15) is 40.2 Å². The molecule has 1 aliphatic heterocycles. The highest BCUT2D eigenvalue weighted by atomic mass is 32.2. The van der Waals surface area contributed by atoms with E-state index in [-0.39, 0.29) is 40.1 Å². The molecule has 3 atom stereocenters. The van der Waals surface area contributed by atoms with E-state index in [4.69, 9.17) is 25.3 Å². The van der Waals surface area contributed by atoms with Crippen LogP contribution in [0.5, 0.6) is 11.5 Å². The Morgan fingerprint density at radius 3 is 1.97 bits per heavy atom. The van der Waals surface area contributed by atoms with Crippen LogP contribution >= 0.6 is 0 Å². The Hall–Kier alpha value is -7.44. The SMILES string of the molecule is CC.CC.CC1CC(C=O)C1C.CCn1nc(C)cc1C(=O)Nc1nc2cc(S(N)(=O)=O)cc(OC)c2n1C/C=C/Cn1c(NC)nc2cc(C(N)=O)cc(OCCC3CN(C(=O)CCNC)C3)c21.Cc1cc(C=O)n(C)n1. The quantitative estimate of drug-likeness (QED) is 0.0425. The number of carbonyl (C=O) groups excluding carboxylic acids is 5. The number of nitrogens with two attached hydrogens (primary N) is 2. The molecule has 2 aromatic carbocycles. The van der Waals surface area contributed by atoms with Crippen LogP contribution in [0.1, 0.15) is 110 Å². The Balaban J connectivity index is 0.000000522. The van der Waals surface area contributed by atoms with Gasteiger partial charge in [-0.1, -0.05) is 53.7 Å². The van der Waals surface area contributed by atoms with Crippen LogP contribution in [0.25, 0.3) is 22.1 Å². The molecule has 23 nitrogen and oxygen atoms in total. The molecule has 0 spiro atoms. The first-order valence-electron chi connectivity index (χ1n) is 26.3. The summed E-state index contributed by atoms with van der Waals surface area (Å²) in [5.74, 6) is 2.44. The van der Waals surface area contributed by atoms with Crippen LogP contribution in [0.2, 0.25) is 0 Å². The average Bonchev–Trinajstić information content (AvgIpc) is 4.24. The zero-order valence-corrected chi connectivity index (χ0v) is 48.2. The number of carbonyl (C=O) groups is 5. The van der Waals surface area contributed by atoms with Gasteiger partial charge in [-0.3, -0.25) is 33.9 Å². The molecule has 1 aliphatic carbocycles. The molecule has 7 N–H and O–H groups in total. The third-order valence-corrected chi connectivity index (χ3v) is 14.2. The Labute approximate surface area is 457 Å². The number of aromatic nitrogens is 8. The van der Waals surface area contributed by atoms with Gasteiger partial charge in [0.15, 0.2) is 6.29 Å².